The van der Waals surface area contributed by atoms with Gasteiger partial charge in [0, 0.05) is 24.7 Å². The Bertz CT molecular complexity index is 1200. The van der Waals surface area contributed by atoms with Crippen LogP contribution >= 0.6 is 0 Å². The molecular formula is C33H51N5O6. The summed E-state index contributed by atoms with van der Waals surface area (Å²) in [5.74, 6) is -0.416. The maximum atomic E-state index is 14.3. The first kappa shape index (κ1) is 34.9. The Morgan fingerprint density at radius 3 is 2.45 bits per heavy atom. The highest BCUT2D eigenvalue weighted by Gasteiger charge is 2.47. The van der Waals surface area contributed by atoms with E-state index in [1.54, 1.807) is 38.4 Å². The van der Waals surface area contributed by atoms with Gasteiger partial charge in [-0.25, -0.2) is 0 Å². The van der Waals surface area contributed by atoms with Crippen LogP contribution in [0.3, 0.4) is 0 Å². The molecule has 3 rings (SSSR count). The first-order valence-corrected chi connectivity index (χ1v) is 15.9. The Hall–Kier alpha value is -3.60. The Labute approximate surface area is 261 Å². The molecule has 0 spiro atoms. The van der Waals surface area contributed by atoms with Crippen molar-refractivity contribution in [3.05, 3.63) is 30.0 Å². The van der Waals surface area contributed by atoms with Crippen molar-refractivity contribution in [2.75, 3.05) is 20.7 Å². The van der Waals surface area contributed by atoms with Gasteiger partial charge in [0.25, 0.3) is 0 Å². The molecule has 244 valence electrons. The first-order valence-electron chi connectivity index (χ1n) is 15.9. The Balaban J connectivity index is 2.02. The zero-order valence-corrected chi connectivity index (χ0v) is 27.4. The summed E-state index contributed by atoms with van der Waals surface area (Å²) in [6, 6.07) is 2.15. The molecule has 2 aliphatic rings. The molecule has 0 aromatic heterocycles. The highest BCUT2D eigenvalue weighted by atomic mass is 16.5. The molecule has 2 aliphatic heterocycles. The van der Waals surface area contributed by atoms with Gasteiger partial charge in [0.2, 0.25) is 23.6 Å². The van der Waals surface area contributed by atoms with Crippen LogP contribution in [0.1, 0.15) is 72.8 Å². The number of likely N-dealkylation sites (tertiary alicyclic amines) is 1. The van der Waals surface area contributed by atoms with Crippen LogP contribution in [0, 0.1) is 17.8 Å². The average molecular weight is 614 g/mol. The van der Waals surface area contributed by atoms with Crippen LogP contribution in [0.2, 0.25) is 0 Å². The number of nitrogens with zero attached hydrogens (tertiary/aromatic N) is 1. The fraction of sp³-hybridized carbons (Fsp3) is 0.636. The molecule has 0 aliphatic carbocycles. The molecule has 44 heavy (non-hydrogen) atoms. The summed E-state index contributed by atoms with van der Waals surface area (Å²) in [6.45, 7) is 12.1. The predicted molar refractivity (Wildman–Crippen MR) is 170 cm³/mol. The van der Waals surface area contributed by atoms with E-state index in [2.05, 4.69) is 21.3 Å². The molecule has 1 aromatic carbocycles. The van der Waals surface area contributed by atoms with Crippen LogP contribution in [0.15, 0.2) is 24.4 Å². The summed E-state index contributed by atoms with van der Waals surface area (Å²) in [5, 5.41) is 11.8. The van der Waals surface area contributed by atoms with Gasteiger partial charge in [-0.15, -0.1) is 0 Å². The van der Waals surface area contributed by atoms with Gasteiger partial charge < -0.3 is 35.6 Å². The van der Waals surface area contributed by atoms with Crippen molar-refractivity contribution in [1.82, 2.24) is 26.2 Å². The van der Waals surface area contributed by atoms with Gasteiger partial charge in [-0.2, -0.15) is 0 Å². The van der Waals surface area contributed by atoms with Crippen molar-refractivity contribution in [2.24, 2.45) is 17.8 Å². The minimum Gasteiger partial charge on any atom is -0.496 e. The maximum Gasteiger partial charge on any atom is 0.247 e. The lowest BCUT2D eigenvalue weighted by molar-refractivity contribution is -0.145. The smallest absolute Gasteiger partial charge is 0.247 e. The van der Waals surface area contributed by atoms with Gasteiger partial charge in [-0.05, 0) is 55.5 Å². The van der Waals surface area contributed by atoms with E-state index in [9.17, 15) is 19.2 Å². The number of nitrogens with one attached hydrogen (secondary N) is 4. The van der Waals surface area contributed by atoms with Gasteiger partial charge in [-0.3, -0.25) is 19.2 Å². The Morgan fingerprint density at radius 1 is 1.11 bits per heavy atom. The minimum absolute atomic E-state index is 0.176. The van der Waals surface area contributed by atoms with E-state index >= 15 is 0 Å². The third kappa shape index (κ3) is 8.31. The third-order valence-electron chi connectivity index (χ3n) is 8.81. The largest absolute Gasteiger partial charge is 0.496 e. The van der Waals surface area contributed by atoms with E-state index in [1.165, 1.54) is 11.1 Å². The van der Waals surface area contributed by atoms with Crippen LogP contribution in [0.5, 0.6) is 11.5 Å². The second-order valence-electron chi connectivity index (χ2n) is 12.4. The van der Waals surface area contributed by atoms with Crippen molar-refractivity contribution >= 4 is 29.7 Å². The zero-order chi connectivity index (χ0) is 32.6. The number of amides is 4. The molecule has 4 N–H and O–H groups in total. The average Bonchev–Trinajstić information content (AvgIpc) is 3.43. The molecule has 2 unspecified atom stereocenters. The van der Waals surface area contributed by atoms with Crippen LogP contribution in [0.25, 0.3) is 6.08 Å². The van der Waals surface area contributed by atoms with E-state index < -0.39 is 36.2 Å². The molecule has 1 fully saturated rings. The lowest BCUT2D eigenvalue weighted by Crippen LogP contribution is -2.61. The summed E-state index contributed by atoms with van der Waals surface area (Å²) in [6.07, 6.45) is 4.88. The molecule has 0 radical (unpaired) electrons. The second-order valence-corrected chi connectivity index (χ2v) is 12.4. The first-order chi connectivity index (χ1) is 20.9. The predicted octanol–water partition coefficient (Wildman–Crippen LogP) is 2.84. The van der Waals surface area contributed by atoms with Crippen molar-refractivity contribution in [3.63, 3.8) is 0 Å². The number of rotatable bonds is 11. The fourth-order valence-corrected chi connectivity index (χ4v) is 5.72. The number of likely N-dealkylation sites (N-methyl/N-ethyl adjacent to an activating group) is 1. The zero-order valence-electron chi connectivity index (χ0n) is 27.4. The maximum absolute atomic E-state index is 14.3. The highest BCUT2D eigenvalue weighted by Crippen LogP contribution is 2.30. The monoisotopic (exact) mass is 613 g/mol. The van der Waals surface area contributed by atoms with Gasteiger partial charge in [-0.1, -0.05) is 54.4 Å². The molecule has 11 heteroatoms. The molecule has 11 nitrogen and oxygen atoms in total. The standard InChI is InChI=1S/C33H51N5O6/c1-9-20(5)27-31(40)35-15-13-22-18-23(11-12-25(22)43-8)44-26-14-16-38(29(26)32(41)36-27)33(42)28(21(6)10-2)37-30(39)24(34-7)17-19(3)4/h11-13,15,18-21,24,26-29,34H,9-10,14,16-17H2,1-8H3,(H,35,40)(H,36,41)(H,37,39)/b15-13+/t20?,21-,24-,26-,27-,28-,29?/m0/s1. The summed E-state index contributed by atoms with van der Waals surface area (Å²) in [7, 11) is 3.29. The molecule has 1 saturated heterocycles. The number of hydrogen-bond donors (Lipinski definition) is 4. The van der Waals surface area contributed by atoms with Crippen molar-refractivity contribution in [2.45, 2.75) is 97.5 Å². The van der Waals surface area contributed by atoms with E-state index in [1.807, 2.05) is 41.5 Å². The fourth-order valence-electron chi connectivity index (χ4n) is 5.72. The quantitative estimate of drug-likeness (QED) is 0.301. The number of ether oxygens (including phenoxy) is 2. The van der Waals surface area contributed by atoms with Crippen LogP contribution in [-0.4, -0.2) is 79.5 Å². The van der Waals surface area contributed by atoms with E-state index in [0.717, 1.165) is 0 Å². The molecule has 1 aromatic rings. The van der Waals surface area contributed by atoms with Gasteiger partial charge in [0.1, 0.15) is 35.7 Å². The normalized spacial score (nSPS) is 23.8. The van der Waals surface area contributed by atoms with Gasteiger partial charge >= 0.3 is 0 Å². The van der Waals surface area contributed by atoms with Crippen LogP contribution in [0.4, 0.5) is 0 Å². The molecule has 7 atom stereocenters. The van der Waals surface area contributed by atoms with Crippen molar-refractivity contribution in [3.8, 4) is 11.5 Å². The van der Waals surface area contributed by atoms with Crippen LogP contribution in [-0.2, 0) is 19.2 Å². The molecular weight excluding hydrogens is 562 g/mol. The molecule has 2 bridgehead atoms. The SMILES string of the molecule is CCC(C)[C@@H]1NC(=O)C2[C@H](CCN2C(=O)[C@@H](NC(=O)[C@H](CC(C)C)NC)[C@@H](C)CC)Oc2ccc(OC)c(c2)/C=C/NC1=O. The topological polar surface area (TPSA) is 138 Å². The summed E-state index contributed by atoms with van der Waals surface area (Å²) in [4.78, 5) is 56.5. The highest BCUT2D eigenvalue weighted by molar-refractivity contribution is 5.96. The second kappa shape index (κ2) is 15.9. The Morgan fingerprint density at radius 2 is 1.84 bits per heavy atom. The van der Waals surface area contributed by atoms with Crippen molar-refractivity contribution < 1.29 is 28.7 Å². The number of carbonyl (C=O) groups excluding carboxylic acids is 4. The van der Waals surface area contributed by atoms with Crippen molar-refractivity contribution in [1.29, 1.82) is 0 Å². The molecule has 4 amide bonds. The Kier molecular flexibility index (Phi) is 12.6. The van der Waals surface area contributed by atoms with Gasteiger partial charge in [0.05, 0.1) is 13.2 Å². The molecule has 0 saturated carbocycles. The van der Waals surface area contributed by atoms with Gasteiger partial charge in [0.15, 0.2) is 0 Å². The number of hydrogen-bond acceptors (Lipinski definition) is 7. The number of benzene rings is 1. The van der Waals surface area contributed by atoms with E-state index in [-0.39, 0.29) is 42.0 Å². The number of carbonyl (C=O) groups is 4. The number of methoxy groups -OCH3 is 1. The lowest BCUT2D eigenvalue weighted by atomic mass is 9.95. The van der Waals surface area contributed by atoms with E-state index in [0.29, 0.717) is 42.7 Å². The van der Waals surface area contributed by atoms with Crippen LogP contribution < -0.4 is 30.7 Å². The summed E-state index contributed by atoms with van der Waals surface area (Å²) in [5.41, 5.74) is 0.687. The summed E-state index contributed by atoms with van der Waals surface area (Å²) < 4.78 is 11.9. The van der Waals surface area contributed by atoms with E-state index in [4.69, 9.17) is 9.47 Å². The number of fused-ring (bicyclic) bond motifs is 3. The molecule has 2 heterocycles. The summed E-state index contributed by atoms with van der Waals surface area (Å²) >= 11 is 0. The lowest BCUT2D eigenvalue weighted by Gasteiger charge is -2.34. The minimum atomic E-state index is -1.01. The third-order valence-corrected chi connectivity index (χ3v) is 8.81.